The topological polar surface area (TPSA) is 82.3 Å². The van der Waals surface area contributed by atoms with Crippen LogP contribution >= 0.6 is 0 Å². The molecule has 39 heavy (non-hydrogen) atoms. The Morgan fingerprint density at radius 3 is 1.36 bits per heavy atom. The van der Waals surface area contributed by atoms with Crippen molar-refractivity contribution in [2.75, 3.05) is 0 Å². The molecule has 0 radical (unpaired) electrons. The summed E-state index contributed by atoms with van der Waals surface area (Å²) in [4.78, 5) is 28.7. The molecule has 7 rings (SSSR count). The van der Waals surface area contributed by atoms with Crippen LogP contribution in [0.1, 0.15) is 52.7 Å². The van der Waals surface area contributed by atoms with Crippen molar-refractivity contribution < 1.29 is 0 Å². The zero-order valence-corrected chi connectivity index (χ0v) is 23.0. The summed E-state index contributed by atoms with van der Waals surface area (Å²) in [6.45, 7) is 13.6. The van der Waals surface area contributed by atoms with Crippen LogP contribution in [-0.4, -0.2) is 34.5 Å². The highest BCUT2D eigenvalue weighted by Gasteiger charge is 2.27. The van der Waals surface area contributed by atoms with Gasteiger partial charge in [0.05, 0.1) is 17.2 Å². The molecule has 7 nitrogen and oxygen atoms in total. The van der Waals surface area contributed by atoms with Gasteiger partial charge in [-0.3, -0.25) is 24.5 Å². The van der Waals surface area contributed by atoms with Crippen molar-refractivity contribution in [1.82, 2.24) is 34.5 Å². The van der Waals surface area contributed by atoms with Crippen molar-refractivity contribution in [3.8, 4) is 5.82 Å². The average Bonchev–Trinajstić information content (AvgIpc) is 3.26. The first-order chi connectivity index (χ1) is 18.6. The minimum atomic E-state index is -0.0816. The minimum absolute atomic E-state index is 0.0816. The van der Waals surface area contributed by atoms with Crippen LogP contribution in [0.15, 0.2) is 67.4 Å². The molecular weight excluding hydrogens is 482 g/mol. The van der Waals surface area contributed by atoms with E-state index in [4.69, 9.17) is 9.97 Å². The minimum Gasteiger partial charge on any atom is -0.292 e. The molecule has 7 heteroatoms. The first kappa shape index (κ1) is 23.6. The zero-order valence-electron chi connectivity index (χ0n) is 23.0. The van der Waals surface area contributed by atoms with E-state index in [2.05, 4.69) is 102 Å². The fourth-order valence-corrected chi connectivity index (χ4v) is 5.75. The number of para-hydroxylation sites is 2. The first-order valence-electron chi connectivity index (χ1n) is 13.2. The third kappa shape index (κ3) is 3.42. The van der Waals surface area contributed by atoms with Crippen molar-refractivity contribution >= 4 is 54.9 Å². The number of hydrogen-bond donors (Lipinski definition) is 0. The maximum Gasteiger partial charge on any atom is 0.157 e. The Balaban J connectivity index is 1.70. The lowest BCUT2D eigenvalue weighted by atomic mass is 9.85. The SMILES string of the molecule is CC(C)(C)c1cccc2c3cccc(C(C)(C)C)c3n(-c3cnc4c5nccnc5c5nccnc5c4n3)c12. The summed E-state index contributed by atoms with van der Waals surface area (Å²) in [5, 5.41) is 2.42. The fourth-order valence-electron chi connectivity index (χ4n) is 5.75. The van der Waals surface area contributed by atoms with Gasteiger partial charge in [-0.15, -0.1) is 0 Å². The van der Waals surface area contributed by atoms with Crippen LogP contribution in [0.4, 0.5) is 0 Å². The van der Waals surface area contributed by atoms with Crippen LogP contribution < -0.4 is 0 Å². The Bertz CT molecular complexity index is 1990. The van der Waals surface area contributed by atoms with E-state index in [-0.39, 0.29) is 10.8 Å². The van der Waals surface area contributed by atoms with Gasteiger partial charge in [0.1, 0.15) is 33.1 Å². The molecule has 4 aromatic heterocycles. The van der Waals surface area contributed by atoms with Gasteiger partial charge in [0.25, 0.3) is 0 Å². The lowest BCUT2D eigenvalue weighted by molar-refractivity contribution is 0.591. The number of benzene rings is 3. The van der Waals surface area contributed by atoms with Gasteiger partial charge in [-0.25, -0.2) is 9.97 Å². The number of rotatable bonds is 1. The molecule has 0 N–H and O–H groups in total. The van der Waals surface area contributed by atoms with Crippen molar-refractivity contribution in [3.05, 3.63) is 78.5 Å². The van der Waals surface area contributed by atoms with Gasteiger partial charge in [0.2, 0.25) is 0 Å². The summed E-state index contributed by atoms with van der Waals surface area (Å²) in [7, 11) is 0. The largest absolute Gasteiger partial charge is 0.292 e. The smallest absolute Gasteiger partial charge is 0.157 e. The lowest BCUT2D eigenvalue weighted by Crippen LogP contribution is -2.15. The molecule has 3 aromatic carbocycles. The van der Waals surface area contributed by atoms with E-state index in [0.29, 0.717) is 33.1 Å². The van der Waals surface area contributed by atoms with E-state index in [9.17, 15) is 0 Å². The normalized spacial score (nSPS) is 12.9. The van der Waals surface area contributed by atoms with Crippen LogP contribution in [0, 0.1) is 0 Å². The predicted molar refractivity (Wildman–Crippen MR) is 157 cm³/mol. The van der Waals surface area contributed by atoms with Crippen molar-refractivity contribution in [3.63, 3.8) is 0 Å². The Kier molecular flexibility index (Phi) is 4.83. The Labute approximate surface area is 226 Å². The Hall–Kier alpha value is -4.52. The van der Waals surface area contributed by atoms with E-state index in [1.807, 2.05) is 6.20 Å². The van der Waals surface area contributed by atoms with Gasteiger partial charge in [-0.1, -0.05) is 77.9 Å². The van der Waals surface area contributed by atoms with Gasteiger partial charge in [-0.2, -0.15) is 0 Å². The number of hydrogen-bond acceptors (Lipinski definition) is 6. The van der Waals surface area contributed by atoms with E-state index in [1.54, 1.807) is 24.8 Å². The molecule has 0 saturated heterocycles. The molecule has 0 amide bonds. The summed E-state index contributed by atoms with van der Waals surface area (Å²) in [5.41, 5.74) is 8.69. The van der Waals surface area contributed by atoms with Crippen LogP contribution in [-0.2, 0) is 10.8 Å². The molecule has 0 bridgehead atoms. The van der Waals surface area contributed by atoms with Gasteiger partial charge in [-0.05, 0) is 22.0 Å². The van der Waals surface area contributed by atoms with Crippen molar-refractivity contribution in [2.45, 2.75) is 52.4 Å². The maximum atomic E-state index is 5.27. The second kappa shape index (κ2) is 7.99. The van der Waals surface area contributed by atoms with Crippen molar-refractivity contribution in [1.29, 1.82) is 0 Å². The molecule has 0 saturated carbocycles. The van der Waals surface area contributed by atoms with E-state index in [1.165, 1.54) is 21.9 Å². The Morgan fingerprint density at radius 2 is 0.923 bits per heavy atom. The zero-order chi connectivity index (χ0) is 27.1. The quantitative estimate of drug-likeness (QED) is 0.217. The molecule has 4 heterocycles. The van der Waals surface area contributed by atoms with E-state index < -0.39 is 0 Å². The standard InChI is InChI=1S/C32H29N7/c1-31(2,3)20-11-7-9-18-19-10-8-12-21(32(4,5)6)30(19)39(29(18)20)22-17-37-27-25-23(33-13-14-35-25)24-26(28(27)38-22)36-16-15-34-24/h7-17H,1-6H3. The summed E-state index contributed by atoms with van der Waals surface area (Å²) in [6.07, 6.45) is 8.57. The molecule has 0 fully saturated rings. The first-order valence-corrected chi connectivity index (χ1v) is 13.2. The fraction of sp³-hybridized carbons (Fsp3) is 0.250. The number of fused-ring (bicyclic) bond motifs is 9. The molecule has 0 aliphatic rings. The van der Waals surface area contributed by atoms with Crippen LogP contribution in [0.2, 0.25) is 0 Å². The van der Waals surface area contributed by atoms with Crippen LogP contribution in [0.3, 0.4) is 0 Å². The molecule has 0 spiro atoms. The van der Waals surface area contributed by atoms with Crippen LogP contribution in [0.25, 0.3) is 60.7 Å². The Morgan fingerprint density at radius 1 is 0.513 bits per heavy atom. The maximum absolute atomic E-state index is 5.27. The molecule has 0 aliphatic carbocycles. The second-order valence-electron chi connectivity index (χ2n) is 12.2. The van der Waals surface area contributed by atoms with E-state index >= 15 is 0 Å². The highest BCUT2D eigenvalue weighted by atomic mass is 15.1. The lowest BCUT2D eigenvalue weighted by Gasteiger charge is -2.24. The predicted octanol–water partition coefficient (Wildman–Crippen LogP) is 7.21. The molecule has 0 unspecified atom stereocenters. The summed E-state index contributed by atoms with van der Waals surface area (Å²) in [5.74, 6) is 0.742. The molecule has 7 aromatic rings. The summed E-state index contributed by atoms with van der Waals surface area (Å²) in [6, 6.07) is 13.2. The van der Waals surface area contributed by atoms with E-state index in [0.717, 1.165) is 16.9 Å². The highest BCUT2D eigenvalue weighted by molar-refractivity contribution is 6.18. The third-order valence-corrected chi connectivity index (χ3v) is 7.48. The highest BCUT2D eigenvalue weighted by Crippen LogP contribution is 2.42. The summed E-state index contributed by atoms with van der Waals surface area (Å²) >= 11 is 0. The molecule has 0 aliphatic heterocycles. The van der Waals surface area contributed by atoms with Crippen LogP contribution in [0.5, 0.6) is 0 Å². The number of nitrogens with zero attached hydrogens (tertiary/aromatic N) is 7. The second-order valence-corrected chi connectivity index (χ2v) is 12.2. The summed E-state index contributed by atoms with van der Waals surface area (Å²) < 4.78 is 2.31. The molecule has 192 valence electrons. The van der Waals surface area contributed by atoms with Gasteiger partial charge >= 0.3 is 0 Å². The van der Waals surface area contributed by atoms with Gasteiger partial charge < -0.3 is 0 Å². The van der Waals surface area contributed by atoms with Gasteiger partial charge in [0, 0.05) is 35.6 Å². The number of aromatic nitrogens is 7. The van der Waals surface area contributed by atoms with Crippen molar-refractivity contribution in [2.24, 2.45) is 0 Å². The third-order valence-electron chi connectivity index (χ3n) is 7.48. The monoisotopic (exact) mass is 511 g/mol. The molecule has 0 atom stereocenters. The average molecular weight is 512 g/mol. The molecular formula is C32H29N7. The van der Waals surface area contributed by atoms with Gasteiger partial charge in [0.15, 0.2) is 5.82 Å².